The molecule has 0 aliphatic carbocycles. The van der Waals surface area contributed by atoms with E-state index in [4.69, 9.17) is 0 Å². The molecule has 27 heavy (non-hydrogen) atoms. The molecule has 0 bridgehead atoms. The number of hydrogen-bond donors (Lipinski definition) is 1. The van der Waals surface area contributed by atoms with Crippen molar-refractivity contribution in [1.82, 2.24) is 15.2 Å². The summed E-state index contributed by atoms with van der Waals surface area (Å²) >= 11 is 0. The van der Waals surface area contributed by atoms with Gasteiger partial charge in [0.15, 0.2) is 0 Å². The third kappa shape index (κ3) is 4.64. The molecule has 1 aromatic heterocycles. The summed E-state index contributed by atoms with van der Waals surface area (Å²) in [4.78, 5) is 29.9. The second-order valence-corrected chi connectivity index (χ2v) is 6.31. The summed E-state index contributed by atoms with van der Waals surface area (Å²) in [6.07, 6.45) is -1.93. The second-order valence-electron chi connectivity index (χ2n) is 6.31. The van der Waals surface area contributed by atoms with Gasteiger partial charge in [0.2, 0.25) is 5.91 Å². The number of carbonyl (C=O) groups excluding carboxylic acids is 2. The smallest absolute Gasteiger partial charge is 0.342 e. The molecule has 8 heteroatoms. The highest BCUT2D eigenvalue weighted by molar-refractivity contribution is 5.92. The third-order valence-corrected chi connectivity index (χ3v) is 4.39. The number of nitrogens with one attached hydrogen (secondary N) is 1. The minimum absolute atomic E-state index is 0.0703. The number of amides is 2. The molecule has 0 saturated carbocycles. The summed E-state index contributed by atoms with van der Waals surface area (Å²) in [7, 11) is 0. The molecular weight excluding hydrogens is 359 g/mol. The van der Waals surface area contributed by atoms with Gasteiger partial charge >= 0.3 is 6.18 Å². The minimum atomic E-state index is -4.49. The van der Waals surface area contributed by atoms with Crippen molar-refractivity contribution in [3.63, 3.8) is 0 Å². The maximum Gasteiger partial charge on any atom is 0.416 e. The van der Waals surface area contributed by atoms with Gasteiger partial charge in [-0.3, -0.25) is 14.6 Å². The second kappa shape index (κ2) is 7.77. The van der Waals surface area contributed by atoms with Crippen LogP contribution in [0.3, 0.4) is 0 Å². The lowest BCUT2D eigenvalue weighted by atomic mass is 10.0. The zero-order valence-electron chi connectivity index (χ0n) is 14.4. The number of halogens is 3. The molecule has 142 valence electrons. The average Bonchev–Trinajstić information content (AvgIpc) is 3.06. The number of alkyl halides is 3. The predicted molar refractivity (Wildman–Crippen MR) is 91.7 cm³/mol. The van der Waals surface area contributed by atoms with Crippen LogP contribution in [0.25, 0.3) is 0 Å². The fourth-order valence-electron chi connectivity index (χ4n) is 3.01. The Kier molecular flexibility index (Phi) is 5.43. The Labute approximate surface area is 154 Å². The van der Waals surface area contributed by atoms with E-state index in [1.807, 2.05) is 0 Å². The quantitative estimate of drug-likeness (QED) is 0.871. The Morgan fingerprint density at radius 2 is 2.04 bits per heavy atom. The van der Waals surface area contributed by atoms with Crippen LogP contribution in [0.15, 0.2) is 48.7 Å². The molecule has 1 atom stereocenters. The molecular formula is C19H18F3N3O2. The van der Waals surface area contributed by atoms with E-state index in [2.05, 4.69) is 10.3 Å². The van der Waals surface area contributed by atoms with E-state index in [0.717, 1.165) is 12.1 Å². The molecule has 5 nitrogen and oxygen atoms in total. The van der Waals surface area contributed by atoms with E-state index in [-0.39, 0.29) is 23.7 Å². The topological polar surface area (TPSA) is 62.3 Å². The lowest BCUT2D eigenvalue weighted by molar-refractivity contribution is -0.137. The van der Waals surface area contributed by atoms with Crippen molar-refractivity contribution in [3.8, 4) is 0 Å². The number of likely N-dealkylation sites (tertiary alicyclic amines) is 1. The first-order valence-electron chi connectivity index (χ1n) is 8.51. The zero-order chi connectivity index (χ0) is 19.4. The van der Waals surface area contributed by atoms with E-state index in [9.17, 15) is 22.8 Å². The van der Waals surface area contributed by atoms with Gasteiger partial charge in [0.25, 0.3) is 5.91 Å². The third-order valence-electron chi connectivity index (χ3n) is 4.39. The molecule has 2 amide bonds. The van der Waals surface area contributed by atoms with Crippen LogP contribution in [-0.2, 0) is 11.0 Å². The van der Waals surface area contributed by atoms with Crippen LogP contribution >= 0.6 is 0 Å². The first kappa shape index (κ1) is 18.9. The monoisotopic (exact) mass is 377 g/mol. The van der Waals surface area contributed by atoms with Crippen LogP contribution in [-0.4, -0.2) is 34.8 Å². The highest BCUT2D eigenvalue weighted by Crippen LogP contribution is 2.31. The Morgan fingerprint density at radius 3 is 2.67 bits per heavy atom. The van der Waals surface area contributed by atoms with E-state index in [0.29, 0.717) is 19.4 Å². The summed E-state index contributed by atoms with van der Waals surface area (Å²) in [5.74, 6) is -0.580. The Bertz CT molecular complexity index is 824. The van der Waals surface area contributed by atoms with Crippen LogP contribution < -0.4 is 5.32 Å². The summed E-state index contributed by atoms with van der Waals surface area (Å²) < 4.78 is 39.2. The standard InChI is InChI=1S/C19H18F3N3O2/c20-19(21,22)14-6-3-5-13(11-14)16(12-25-10-4-8-17(25)26)24-18(27)15-7-1-2-9-23-15/h1-3,5-7,9,11,16H,4,8,10,12H2,(H,24,27)/t16-/m1/s1. The normalized spacial score (nSPS) is 15.7. The van der Waals surface area contributed by atoms with Crippen molar-refractivity contribution in [2.45, 2.75) is 25.1 Å². The Hall–Kier alpha value is -2.90. The number of hydrogen-bond acceptors (Lipinski definition) is 3. The Morgan fingerprint density at radius 1 is 1.22 bits per heavy atom. The molecule has 0 spiro atoms. The largest absolute Gasteiger partial charge is 0.416 e. The van der Waals surface area contributed by atoms with E-state index in [1.54, 1.807) is 17.0 Å². The molecule has 1 aliphatic rings. The number of rotatable bonds is 5. The number of carbonyl (C=O) groups is 2. The van der Waals surface area contributed by atoms with Crippen LogP contribution in [0.2, 0.25) is 0 Å². The number of aromatic nitrogens is 1. The number of nitrogens with zero attached hydrogens (tertiary/aromatic N) is 2. The summed E-state index contributed by atoms with van der Waals surface area (Å²) in [6, 6.07) is 8.83. The van der Waals surface area contributed by atoms with Crippen molar-refractivity contribution in [2.24, 2.45) is 0 Å². The van der Waals surface area contributed by atoms with Gasteiger partial charge in [0.05, 0.1) is 11.6 Å². The van der Waals surface area contributed by atoms with E-state index in [1.165, 1.54) is 24.4 Å². The molecule has 3 rings (SSSR count). The molecule has 2 aromatic rings. The lowest BCUT2D eigenvalue weighted by Gasteiger charge is -2.25. The maximum atomic E-state index is 13.1. The van der Waals surface area contributed by atoms with Crippen molar-refractivity contribution >= 4 is 11.8 Å². The first-order valence-corrected chi connectivity index (χ1v) is 8.51. The van der Waals surface area contributed by atoms with Gasteiger partial charge in [0.1, 0.15) is 5.69 Å². The number of pyridine rings is 1. The lowest BCUT2D eigenvalue weighted by Crippen LogP contribution is -2.39. The van der Waals surface area contributed by atoms with Crippen LogP contribution in [0.4, 0.5) is 13.2 Å². The Balaban J connectivity index is 1.87. The summed E-state index contributed by atoms with van der Waals surface area (Å²) in [6.45, 7) is 0.631. The maximum absolute atomic E-state index is 13.1. The van der Waals surface area contributed by atoms with Gasteiger partial charge in [-0.15, -0.1) is 0 Å². The van der Waals surface area contributed by atoms with Crippen molar-refractivity contribution < 1.29 is 22.8 Å². The highest BCUT2D eigenvalue weighted by atomic mass is 19.4. The predicted octanol–water partition coefficient (Wildman–Crippen LogP) is 3.19. The average molecular weight is 377 g/mol. The summed E-state index contributed by atoms with van der Waals surface area (Å²) in [5, 5.41) is 2.71. The molecule has 2 heterocycles. The molecule has 0 unspecified atom stereocenters. The van der Waals surface area contributed by atoms with Crippen molar-refractivity contribution in [3.05, 3.63) is 65.5 Å². The molecule has 1 aliphatic heterocycles. The van der Waals surface area contributed by atoms with Gasteiger partial charge in [0, 0.05) is 25.7 Å². The van der Waals surface area contributed by atoms with Gasteiger partial charge in [-0.05, 0) is 36.2 Å². The molecule has 1 saturated heterocycles. The molecule has 1 N–H and O–H groups in total. The van der Waals surface area contributed by atoms with Crippen LogP contribution in [0.5, 0.6) is 0 Å². The molecule has 1 aromatic carbocycles. The highest BCUT2D eigenvalue weighted by Gasteiger charge is 2.32. The minimum Gasteiger partial charge on any atom is -0.342 e. The molecule has 0 radical (unpaired) electrons. The van der Waals surface area contributed by atoms with Gasteiger partial charge < -0.3 is 10.2 Å². The van der Waals surface area contributed by atoms with Gasteiger partial charge in [-0.2, -0.15) is 13.2 Å². The van der Waals surface area contributed by atoms with Crippen molar-refractivity contribution in [1.29, 1.82) is 0 Å². The number of benzene rings is 1. The van der Waals surface area contributed by atoms with Crippen LogP contribution in [0, 0.1) is 0 Å². The van der Waals surface area contributed by atoms with E-state index >= 15 is 0 Å². The summed E-state index contributed by atoms with van der Waals surface area (Å²) in [5.41, 5.74) is -0.360. The molecule has 1 fully saturated rings. The van der Waals surface area contributed by atoms with Crippen LogP contribution in [0.1, 0.15) is 40.5 Å². The van der Waals surface area contributed by atoms with Gasteiger partial charge in [-0.25, -0.2) is 0 Å². The first-order chi connectivity index (χ1) is 12.8. The van der Waals surface area contributed by atoms with E-state index < -0.39 is 23.7 Å². The fraction of sp³-hybridized carbons (Fsp3) is 0.316. The zero-order valence-corrected chi connectivity index (χ0v) is 14.4. The SMILES string of the molecule is O=C(N[C@H](CN1CCCC1=O)c1cccc(C(F)(F)F)c1)c1ccccn1. The van der Waals surface area contributed by atoms with Crippen molar-refractivity contribution in [2.75, 3.05) is 13.1 Å². The van der Waals surface area contributed by atoms with Gasteiger partial charge in [-0.1, -0.05) is 18.2 Å². The fourth-order valence-corrected chi connectivity index (χ4v) is 3.01.